The second kappa shape index (κ2) is 10.9. The SMILES string of the molecule is CC(C)(C)C(=O)OCc1c(-c2cnc([C@@H]3CCc4cc(-c5cc(Cl)ccc5-n5cnnn5)cc(=O)n43)[nH]2)csc1C(=O)O. The maximum absolute atomic E-state index is 13.5. The number of imidazole rings is 1. The van der Waals surface area contributed by atoms with Crippen LogP contribution in [-0.4, -0.2) is 51.8 Å². The summed E-state index contributed by atoms with van der Waals surface area (Å²) in [7, 11) is 0. The zero-order valence-electron chi connectivity index (χ0n) is 23.4. The van der Waals surface area contributed by atoms with E-state index in [1.54, 1.807) is 61.2 Å². The molecule has 5 heterocycles. The number of thiophene rings is 1. The molecule has 1 aliphatic heterocycles. The molecule has 2 N–H and O–H groups in total. The molecule has 0 amide bonds. The molecular weight excluding hydrogens is 594 g/mol. The number of pyridine rings is 1. The van der Waals surface area contributed by atoms with E-state index in [1.165, 1.54) is 11.0 Å². The fourth-order valence-corrected chi connectivity index (χ4v) is 6.24. The number of tetrazole rings is 1. The Bertz CT molecular complexity index is 1920. The summed E-state index contributed by atoms with van der Waals surface area (Å²) in [6.45, 7) is 5.01. The van der Waals surface area contributed by atoms with Gasteiger partial charge in [-0.1, -0.05) is 11.6 Å². The standard InChI is InChI=1S/C29H26ClN7O5S/c1-29(2,3)28(41)42-12-19-20(13-43-25(19)27(39)40)21-11-31-26(33-21)23-7-5-17-8-15(9-24(38)37(17)23)18-10-16(30)4-6-22(18)36-14-32-34-35-36/h4,6,8-11,13-14,23H,5,7,12H2,1-3H3,(H,31,33)(H,39,40)/t23-/m0/s1. The van der Waals surface area contributed by atoms with Crippen molar-refractivity contribution in [3.63, 3.8) is 0 Å². The van der Waals surface area contributed by atoms with Crippen LogP contribution in [0.5, 0.6) is 0 Å². The number of benzene rings is 1. The molecule has 0 aliphatic carbocycles. The van der Waals surface area contributed by atoms with Gasteiger partial charge in [0.05, 0.1) is 29.0 Å². The Balaban J connectivity index is 1.32. The van der Waals surface area contributed by atoms with Crippen molar-refractivity contribution >= 4 is 34.9 Å². The lowest BCUT2D eigenvalue weighted by Crippen LogP contribution is -2.24. The first-order valence-corrected chi connectivity index (χ1v) is 14.6. The van der Waals surface area contributed by atoms with E-state index in [0.29, 0.717) is 51.8 Å². The van der Waals surface area contributed by atoms with Gasteiger partial charge in [-0.25, -0.2) is 9.78 Å². The summed E-state index contributed by atoms with van der Waals surface area (Å²) in [5.41, 5.74) is 3.55. The smallest absolute Gasteiger partial charge is 0.346 e. The van der Waals surface area contributed by atoms with Gasteiger partial charge in [-0.05, 0) is 73.9 Å². The van der Waals surface area contributed by atoms with Gasteiger partial charge in [-0.2, -0.15) is 4.68 Å². The fourth-order valence-electron chi connectivity index (χ4n) is 5.15. The molecule has 0 fully saturated rings. The van der Waals surface area contributed by atoms with Gasteiger partial charge in [-0.3, -0.25) is 9.59 Å². The monoisotopic (exact) mass is 619 g/mol. The number of esters is 1. The number of H-pyrrole nitrogens is 1. The number of nitrogens with one attached hydrogen (secondary N) is 1. The van der Waals surface area contributed by atoms with Crippen LogP contribution in [0.25, 0.3) is 28.1 Å². The summed E-state index contributed by atoms with van der Waals surface area (Å²) in [5, 5.41) is 23.4. The lowest BCUT2D eigenvalue weighted by molar-refractivity contribution is -0.154. The van der Waals surface area contributed by atoms with Crippen molar-refractivity contribution in [2.75, 3.05) is 0 Å². The van der Waals surface area contributed by atoms with Crippen molar-refractivity contribution in [3.8, 4) is 28.1 Å². The number of aromatic amines is 1. The minimum Gasteiger partial charge on any atom is -0.477 e. The highest BCUT2D eigenvalue weighted by atomic mass is 35.5. The van der Waals surface area contributed by atoms with Gasteiger partial charge in [0.2, 0.25) is 0 Å². The van der Waals surface area contributed by atoms with Gasteiger partial charge in [0, 0.05) is 38.9 Å². The number of halogens is 1. The number of aromatic carboxylic acids is 1. The number of carboxylic acid groups (broad SMARTS) is 1. The van der Waals surface area contributed by atoms with Crippen LogP contribution in [-0.2, 0) is 22.6 Å². The molecule has 4 aromatic heterocycles. The number of fused-ring (bicyclic) bond motifs is 1. The van der Waals surface area contributed by atoms with E-state index in [9.17, 15) is 19.5 Å². The number of aryl methyl sites for hydroxylation is 1. The highest BCUT2D eigenvalue weighted by molar-refractivity contribution is 7.12. The molecule has 0 unspecified atom stereocenters. The van der Waals surface area contributed by atoms with Crippen molar-refractivity contribution in [2.45, 2.75) is 46.3 Å². The quantitative estimate of drug-likeness (QED) is 0.241. The first-order valence-electron chi connectivity index (χ1n) is 13.4. The average Bonchev–Trinajstić information content (AvgIpc) is 3.76. The predicted molar refractivity (Wildman–Crippen MR) is 158 cm³/mol. The summed E-state index contributed by atoms with van der Waals surface area (Å²) in [4.78, 5) is 45.8. The van der Waals surface area contributed by atoms with Crippen LogP contribution < -0.4 is 5.56 Å². The Kier molecular flexibility index (Phi) is 7.22. The van der Waals surface area contributed by atoms with E-state index in [4.69, 9.17) is 16.3 Å². The molecule has 5 aromatic rings. The van der Waals surface area contributed by atoms with E-state index in [1.807, 2.05) is 6.07 Å². The van der Waals surface area contributed by atoms with Crippen LogP contribution in [0.4, 0.5) is 0 Å². The van der Waals surface area contributed by atoms with Crippen molar-refractivity contribution < 1.29 is 19.4 Å². The maximum Gasteiger partial charge on any atom is 0.346 e. The topological polar surface area (TPSA) is 158 Å². The molecule has 0 bridgehead atoms. The van der Waals surface area contributed by atoms with Gasteiger partial charge in [0.25, 0.3) is 5.56 Å². The molecule has 1 aliphatic rings. The van der Waals surface area contributed by atoms with E-state index >= 15 is 0 Å². The molecule has 6 rings (SSSR count). The van der Waals surface area contributed by atoms with Crippen LogP contribution >= 0.6 is 22.9 Å². The maximum atomic E-state index is 13.5. The molecule has 1 atom stereocenters. The van der Waals surface area contributed by atoms with Crippen LogP contribution in [0.2, 0.25) is 5.02 Å². The summed E-state index contributed by atoms with van der Waals surface area (Å²) >= 11 is 7.37. The van der Waals surface area contributed by atoms with Gasteiger partial charge < -0.3 is 19.4 Å². The molecule has 0 saturated carbocycles. The third-order valence-electron chi connectivity index (χ3n) is 7.25. The van der Waals surface area contributed by atoms with Crippen molar-refractivity contribution in [1.82, 2.24) is 34.7 Å². The molecule has 12 nitrogen and oxygen atoms in total. The Morgan fingerprint density at radius 3 is 2.74 bits per heavy atom. The summed E-state index contributed by atoms with van der Waals surface area (Å²) in [6.07, 6.45) is 4.37. The van der Waals surface area contributed by atoms with E-state index < -0.39 is 17.4 Å². The largest absolute Gasteiger partial charge is 0.477 e. The third kappa shape index (κ3) is 5.37. The number of carbonyl (C=O) groups is 2. The molecule has 0 radical (unpaired) electrons. The van der Waals surface area contributed by atoms with Crippen LogP contribution in [0, 0.1) is 5.41 Å². The average molecular weight is 620 g/mol. The van der Waals surface area contributed by atoms with Gasteiger partial charge in [0.1, 0.15) is 23.6 Å². The minimum atomic E-state index is -1.10. The highest BCUT2D eigenvalue weighted by Gasteiger charge is 2.30. The Morgan fingerprint density at radius 2 is 2.02 bits per heavy atom. The van der Waals surface area contributed by atoms with Gasteiger partial charge >= 0.3 is 11.9 Å². The first-order chi connectivity index (χ1) is 20.5. The molecule has 220 valence electrons. The predicted octanol–water partition coefficient (Wildman–Crippen LogP) is 4.92. The van der Waals surface area contributed by atoms with Crippen LogP contribution in [0.15, 0.2) is 53.0 Å². The molecule has 0 spiro atoms. The third-order valence-corrected chi connectivity index (χ3v) is 8.49. The first kappa shape index (κ1) is 28.5. The van der Waals surface area contributed by atoms with Crippen molar-refractivity contribution in [2.24, 2.45) is 5.41 Å². The molecule has 43 heavy (non-hydrogen) atoms. The van der Waals surface area contributed by atoms with Crippen LogP contribution in [0.3, 0.4) is 0 Å². The number of nitrogens with zero attached hydrogens (tertiary/aromatic N) is 6. The molecule has 1 aromatic carbocycles. The lowest BCUT2D eigenvalue weighted by Gasteiger charge is -2.17. The fraction of sp³-hybridized carbons (Fsp3) is 0.276. The van der Waals surface area contributed by atoms with E-state index in [-0.39, 0.29) is 23.1 Å². The van der Waals surface area contributed by atoms with Crippen molar-refractivity contribution in [1.29, 1.82) is 0 Å². The number of carboxylic acids is 1. The Labute approximate surface area is 253 Å². The van der Waals surface area contributed by atoms with Gasteiger partial charge in [0.15, 0.2) is 0 Å². The Hall–Kier alpha value is -4.62. The molecule has 0 saturated heterocycles. The highest BCUT2D eigenvalue weighted by Crippen LogP contribution is 2.36. The zero-order valence-corrected chi connectivity index (χ0v) is 24.9. The normalized spacial score (nSPS) is 14.6. The van der Waals surface area contributed by atoms with E-state index in [2.05, 4.69) is 25.5 Å². The molecular formula is C29H26ClN7O5S. The number of rotatable bonds is 7. The number of ether oxygens (including phenoxy) is 1. The number of aromatic nitrogens is 7. The molecule has 14 heteroatoms. The second-order valence-electron chi connectivity index (χ2n) is 11.2. The Morgan fingerprint density at radius 1 is 1.21 bits per heavy atom. The number of hydrogen-bond acceptors (Lipinski definition) is 9. The summed E-state index contributed by atoms with van der Waals surface area (Å²) in [5.74, 6) is -0.968. The number of hydrogen-bond donors (Lipinski definition) is 2. The van der Waals surface area contributed by atoms with Crippen LogP contribution in [0.1, 0.15) is 60.0 Å². The lowest BCUT2D eigenvalue weighted by atomic mass is 9.97. The summed E-state index contributed by atoms with van der Waals surface area (Å²) < 4.78 is 8.70. The summed E-state index contributed by atoms with van der Waals surface area (Å²) in [6, 6.07) is 8.49. The second-order valence-corrected chi connectivity index (χ2v) is 12.5. The van der Waals surface area contributed by atoms with Gasteiger partial charge in [-0.15, -0.1) is 16.4 Å². The number of carbonyl (C=O) groups excluding carboxylic acids is 1. The minimum absolute atomic E-state index is 0.0879. The van der Waals surface area contributed by atoms with Crippen molar-refractivity contribution in [3.05, 3.63) is 85.6 Å². The van der Waals surface area contributed by atoms with E-state index in [0.717, 1.165) is 22.6 Å². The zero-order chi connectivity index (χ0) is 30.5.